The van der Waals surface area contributed by atoms with Crippen molar-refractivity contribution in [1.82, 2.24) is 20.4 Å². The lowest BCUT2D eigenvalue weighted by Crippen LogP contribution is -2.12. The van der Waals surface area contributed by atoms with Crippen LogP contribution < -0.4 is 5.32 Å². The fourth-order valence-corrected chi connectivity index (χ4v) is 1.82. The Hall–Kier alpha value is -3.02. The van der Waals surface area contributed by atoms with Crippen LogP contribution in [0.5, 0.6) is 0 Å². The molecule has 0 aliphatic rings. The summed E-state index contributed by atoms with van der Waals surface area (Å²) in [6.45, 7) is 0. The SMILES string of the molecule is O=C(Nc1cccc(-c2cccnc2)c1)c1cn[nH]n1. The molecule has 0 unspecified atom stereocenters. The molecule has 98 valence electrons. The second-order valence-corrected chi connectivity index (χ2v) is 4.13. The lowest BCUT2D eigenvalue weighted by molar-refractivity contribution is 0.102. The Morgan fingerprint density at radius 1 is 1.10 bits per heavy atom. The molecule has 6 heteroatoms. The molecule has 1 amide bonds. The molecule has 3 aromatic rings. The molecule has 1 aromatic carbocycles. The topological polar surface area (TPSA) is 83.6 Å². The van der Waals surface area contributed by atoms with Crippen LogP contribution in [0.3, 0.4) is 0 Å². The number of carbonyl (C=O) groups excluding carboxylic acids is 1. The van der Waals surface area contributed by atoms with Gasteiger partial charge >= 0.3 is 0 Å². The third-order valence-corrected chi connectivity index (χ3v) is 2.76. The molecule has 0 aliphatic heterocycles. The minimum atomic E-state index is -0.304. The molecule has 0 fully saturated rings. The monoisotopic (exact) mass is 265 g/mol. The van der Waals surface area contributed by atoms with Crippen molar-refractivity contribution in [2.75, 3.05) is 5.32 Å². The number of rotatable bonds is 3. The van der Waals surface area contributed by atoms with E-state index in [4.69, 9.17) is 0 Å². The summed E-state index contributed by atoms with van der Waals surface area (Å²) < 4.78 is 0. The Morgan fingerprint density at radius 3 is 2.75 bits per heavy atom. The predicted octanol–water partition coefficient (Wildman–Crippen LogP) is 2.12. The van der Waals surface area contributed by atoms with E-state index in [-0.39, 0.29) is 11.6 Å². The molecule has 2 aromatic heterocycles. The molecule has 0 atom stereocenters. The second kappa shape index (κ2) is 5.31. The summed E-state index contributed by atoms with van der Waals surface area (Å²) in [6.07, 6.45) is 4.87. The maximum Gasteiger partial charge on any atom is 0.277 e. The molecule has 0 spiro atoms. The van der Waals surface area contributed by atoms with E-state index in [1.165, 1.54) is 6.20 Å². The average molecular weight is 265 g/mol. The molecule has 0 radical (unpaired) electrons. The van der Waals surface area contributed by atoms with Crippen LogP contribution in [0.2, 0.25) is 0 Å². The summed E-state index contributed by atoms with van der Waals surface area (Å²) in [6, 6.07) is 11.4. The smallest absolute Gasteiger partial charge is 0.277 e. The summed E-state index contributed by atoms with van der Waals surface area (Å²) in [5.74, 6) is -0.304. The normalized spacial score (nSPS) is 10.2. The molecule has 0 saturated heterocycles. The Labute approximate surface area is 114 Å². The van der Waals surface area contributed by atoms with Crippen LogP contribution in [0.1, 0.15) is 10.5 Å². The Morgan fingerprint density at radius 2 is 2.00 bits per heavy atom. The number of pyridine rings is 1. The maximum atomic E-state index is 11.9. The molecule has 6 nitrogen and oxygen atoms in total. The van der Waals surface area contributed by atoms with Gasteiger partial charge in [0.25, 0.3) is 5.91 Å². The van der Waals surface area contributed by atoms with Gasteiger partial charge in [0.1, 0.15) is 0 Å². The number of aromatic nitrogens is 4. The summed E-state index contributed by atoms with van der Waals surface area (Å²) in [5.41, 5.74) is 2.91. The molecule has 2 N–H and O–H groups in total. The van der Waals surface area contributed by atoms with Gasteiger partial charge in [-0.25, -0.2) is 0 Å². The van der Waals surface area contributed by atoms with E-state index in [0.717, 1.165) is 11.1 Å². The number of nitrogens with one attached hydrogen (secondary N) is 2. The zero-order chi connectivity index (χ0) is 13.8. The first kappa shape index (κ1) is 12.0. The highest BCUT2D eigenvalue weighted by Crippen LogP contribution is 2.21. The third-order valence-electron chi connectivity index (χ3n) is 2.76. The first-order chi connectivity index (χ1) is 9.83. The summed E-state index contributed by atoms with van der Waals surface area (Å²) >= 11 is 0. The van der Waals surface area contributed by atoms with Gasteiger partial charge in [0.05, 0.1) is 6.20 Å². The van der Waals surface area contributed by atoms with Gasteiger partial charge < -0.3 is 5.32 Å². The Bertz CT molecular complexity index is 709. The fourth-order valence-electron chi connectivity index (χ4n) is 1.82. The number of carbonyl (C=O) groups is 1. The van der Waals surface area contributed by atoms with Gasteiger partial charge in [0.2, 0.25) is 0 Å². The molecule has 0 bridgehead atoms. The van der Waals surface area contributed by atoms with Crippen molar-refractivity contribution in [3.63, 3.8) is 0 Å². The number of aromatic amines is 1. The van der Waals surface area contributed by atoms with Crippen LogP contribution in [-0.4, -0.2) is 26.3 Å². The highest BCUT2D eigenvalue weighted by molar-refractivity contribution is 6.02. The summed E-state index contributed by atoms with van der Waals surface area (Å²) in [7, 11) is 0. The number of amides is 1. The van der Waals surface area contributed by atoms with Gasteiger partial charge in [-0.15, -0.1) is 0 Å². The lowest BCUT2D eigenvalue weighted by Gasteiger charge is -2.06. The average Bonchev–Trinajstić information content (AvgIpc) is 3.03. The van der Waals surface area contributed by atoms with Crippen molar-refractivity contribution < 1.29 is 4.79 Å². The second-order valence-electron chi connectivity index (χ2n) is 4.13. The molecular weight excluding hydrogens is 254 g/mol. The lowest BCUT2D eigenvalue weighted by atomic mass is 10.1. The van der Waals surface area contributed by atoms with Crippen molar-refractivity contribution in [2.24, 2.45) is 0 Å². The molecule has 20 heavy (non-hydrogen) atoms. The van der Waals surface area contributed by atoms with Gasteiger partial charge in [-0.05, 0) is 23.8 Å². The summed E-state index contributed by atoms with van der Waals surface area (Å²) in [5, 5.41) is 12.5. The first-order valence-corrected chi connectivity index (χ1v) is 6.00. The number of anilines is 1. The van der Waals surface area contributed by atoms with E-state index >= 15 is 0 Å². The van der Waals surface area contributed by atoms with E-state index < -0.39 is 0 Å². The number of hydrogen-bond acceptors (Lipinski definition) is 4. The molecular formula is C14H11N5O. The number of nitrogens with zero attached hydrogens (tertiary/aromatic N) is 3. The standard InChI is InChI=1S/C14H11N5O/c20-14(13-9-16-19-18-13)17-12-5-1-3-10(7-12)11-4-2-6-15-8-11/h1-9H,(H,17,20)(H,16,18,19). The van der Waals surface area contributed by atoms with Crippen LogP contribution in [0, 0.1) is 0 Å². The Kier molecular flexibility index (Phi) is 3.20. The van der Waals surface area contributed by atoms with Gasteiger partial charge in [0.15, 0.2) is 5.69 Å². The van der Waals surface area contributed by atoms with Crippen molar-refractivity contribution in [2.45, 2.75) is 0 Å². The summed E-state index contributed by atoms with van der Waals surface area (Å²) in [4.78, 5) is 16.0. The quantitative estimate of drug-likeness (QED) is 0.759. The van der Waals surface area contributed by atoms with Crippen molar-refractivity contribution >= 4 is 11.6 Å². The number of benzene rings is 1. The van der Waals surface area contributed by atoms with Crippen molar-refractivity contribution in [3.8, 4) is 11.1 Å². The minimum absolute atomic E-state index is 0.247. The van der Waals surface area contributed by atoms with E-state index in [2.05, 4.69) is 25.7 Å². The molecule has 3 rings (SSSR count). The first-order valence-electron chi connectivity index (χ1n) is 6.00. The molecule has 2 heterocycles. The molecule has 0 saturated carbocycles. The van der Waals surface area contributed by atoms with E-state index in [1.807, 2.05) is 36.4 Å². The van der Waals surface area contributed by atoms with Crippen LogP contribution in [0.25, 0.3) is 11.1 Å². The van der Waals surface area contributed by atoms with E-state index in [9.17, 15) is 4.79 Å². The van der Waals surface area contributed by atoms with Crippen LogP contribution in [0.4, 0.5) is 5.69 Å². The van der Waals surface area contributed by atoms with E-state index in [1.54, 1.807) is 12.4 Å². The van der Waals surface area contributed by atoms with Crippen LogP contribution >= 0.6 is 0 Å². The van der Waals surface area contributed by atoms with Gasteiger partial charge in [-0.3, -0.25) is 9.78 Å². The highest BCUT2D eigenvalue weighted by atomic mass is 16.2. The zero-order valence-corrected chi connectivity index (χ0v) is 10.4. The maximum absolute atomic E-state index is 11.9. The van der Waals surface area contributed by atoms with Crippen LogP contribution in [0.15, 0.2) is 55.0 Å². The van der Waals surface area contributed by atoms with Gasteiger partial charge in [-0.2, -0.15) is 15.4 Å². The van der Waals surface area contributed by atoms with Crippen LogP contribution in [-0.2, 0) is 0 Å². The van der Waals surface area contributed by atoms with E-state index in [0.29, 0.717) is 5.69 Å². The minimum Gasteiger partial charge on any atom is -0.321 e. The predicted molar refractivity (Wildman–Crippen MR) is 74.0 cm³/mol. The van der Waals surface area contributed by atoms with Gasteiger partial charge in [-0.1, -0.05) is 18.2 Å². The van der Waals surface area contributed by atoms with Crippen molar-refractivity contribution in [3.05, 3.63) is 60.7 Å². The fraction of sp³-hybridized carbons (Fsp3) is 0. The molecule has 0 aliphatic carbocycles. The largest absolute Gasteiger partial charge is 0.321 e. The van der Waals surface area contributed by atoms with Gasteiger partial charge in [0, 0.05) is 23.6 Å². The zero-order valence-electron chi connectivity index (χ0n) is 10.4. The number of hydrogen-bond donors (Lipinski definition) is 2. The highest BCUT2D eigenvalue weighted by Gasteiger charge is 2.09. The van der Waals surface area contributed by atoms with Crippen molar-refractivity contribution in [1.29, 1.82) is 0 Å². The Balaban J connectivity index is 1.83. The number of H-pyrrole nitrogens is 1. The third kappa shape index (κ3) is 2.54.